The van der Waals surface area contributed by atoms with Crippen molar-refractivity contribution < 1.29 is 0 Å². The molecule has 0 amide bonds. The first-order valence-electron chi connectivity index (χ1n) is 6.02. The van der Waals surface area contributed by atoms with E-state index in [2.05, 4.69) is 33.9 Å². The molecule has 0 nitrogen and oxygen atoms in total. The zero-order chi connectivity index (χ0) is 10.0. The van der Waals surface area contributed by atoms with E-state index in [0.29, 0.717) is 0 Å². The molecule has 0 aromatic carbocycles. The van der Waals surface area contributed by atoms with Gasteiger partial charge in [-0.2, -0.15) is 0 Å². The third-order valence-corrected chi connectivity index (χ3v) is 6.41. The second-order valence-electron chi connectivity index (χ2n) is 5.73. The summed E-state index contributed by atoms with van der Waals surface area (Å²) in [6.07, 6.45) is 4.53. The molecule has 0 unspecified atom stereocenters. The van der Waals surface area contributed by atoms with Crippen LogP contribution in [-0.2, 0) is 0 Å². The van der Waals surface area contributed by atoms with Crippen LogP contribution in [0, 0.1) is 17.8 Å². The molecule has 0 saturated heterocycles. The predicted molar refractivity (Wildman–Crippen MR) is 64.0 cm³/mol. The fraction of sp³-hybridized carbons (Fsp3) is 1.00. The summed E-state index contributed by atoms with van der Waals surface area (Å²) >= 11 is 0. The van der Waals surface area contributed by atoms with Gasteiger partial charge < -0.3 is 0 Å². The maximum Gasteiger partial charge on any atom is 0.0340 e. The van der Waals surface area contributed by atoms with Crippen LogP contribution in [0.1, 0.15) is 40.0 Å². The van der Waals surface area contributed by atoms with Crippen LogP contribution in [0.2, 0.25) is 18.6 Å². The molecule has 0 aliphatic heterocycles. The Bertz CT molecular complexity index is 151. The Morgan fingerprint density at radius 3 is 2.23 bits per heavy atom. The second-order valence-corrected chi connectivity index (χ2v) is 9.08. The minimum absolute atomic E-state index is 0.404. The molecule has 0 heterocycles. The summed E-state index contributed by atoms with van der Waals surface area (Å²) in [7, 11) is -0.404. The van der Waals surface area contributed by atoms with Gasteiger partial charge in [-0.1, -0.05) is 46.7 Å². The van der Waals surface area contributed by atoms with Crippen LogP contribution in [0.3, 0.4) is 0 Å². The molecule has 0 spiro atoms. The van der Waals surface area contributed by atoms with Crippen molar-refractivity contribution >= 4 is 8.80 Å². The van der Waals surface area contributed by atoms with E-state index in [0.717, 1.165) is 23.3 Å². The Balaban J connectivity index is 2.60. The molecule has 1 saturated carbocycles. The van der Waals surface area contributed by atoms with Gasteiger partial charge in [0.15, 0.2) is 0 Å². The maximum atomic E-state index is 2.54. The minimum Gasteiger partial charge on any atom is -0.0720 e. The summed E-state index contributed by atoms with van der Waals surface area (Å²) in [4.78, 5) is 0. The van der Waals surface area contributed by atoms with E-state index in [9.17, 15) is 0 Å². The SMILES string of the molecule is CC(C)[C@@H]1CC[C@@H](C)C[C@H]1[SiH](C)C. The minimum atomic E-state index is -0.404. The third-order valence-electron chi connectivity index (χ3n) is 3.93. The number of hydrogen-bond donors (Lipinski definition) is 0. The monoisotopic (exact) mass is 198 g/mol. The average molecular weight is 198 g/mol. The van der Waals surface area contributed by atoms with Gasteiger partial charge in [0.1, 0.15) is 0 Å². The molecule has 1 fully saturated rings. The van der Waals surface area contributed by atoms with Crippen LogP contribution < -0.4 is 0 Å². The zero-order valence-corrected chi connectivity index (χ0v) is 11.2. The van der Waals surface area contributed by atoms with Crippen molar-refractivity contribution in [2.45, 2.75) is 58.7 Å². The quantitative estimate of drug-likeness (QED) is 0.590. The third kappa shape index (κ3) is 2.83. The standard InChI is InChI=1S/C12H26Si/c1-9(2)11-7-6-10(3)8-12(11)13(4)5/h9-13H,6-8H2,1-5H3/t10-,11+,12-/m1/s1. The van der Waals surface area contributed by atoms with Gasteiger partial charge >= 0.3 is 0 Å². The summed E-state index contributed by atoms with van der Waals surface area (Å²) < 4.78 is 0. The lowest BCUT2D eigenvalue weighted by atomic mass is 9.77. The molecule has 3 atom stereocenters. The molecule has 1 rings (SSSR count). The van der Waals surface area contributed by atoms with Gasteiger partial charge in [-0.05, 0) is 29.7 Å². The van der Waals surface area contributed by atoms with E-state index in [1.807, 2.05) is 0 Å². The highest BCUT2D eigenvalue weighted by Gasteiger charge is 2.32. The number of hydrogen-bond acceptors (Lipinski definition) is 0. The molecule has 1 heteroatoms. The maximum absolute atomic E-state index is 2.54. The second kappa shape index (κ2) is 4.63. The van der Waals surface area contributed by atoms with Crippen LogP contribution in [0.15, 0.2) is 0 Å². The van der Waals surface area contributed by atoms with Crippen molar-refractivity contribution in [3.05, 3.63) is 0 Å². The fourth-order valence-corrected chi connectivity index (χ4v) is 5.68. The van der Waals surface area contributed by atoms with Crippen LogP contribution in [-0.4, -0.2) is 8.80 Å². The lowest BCUT2D eigenvalue weighted by molar-refractivity contribution is 0.232. The zero-order valence-electron chi connectivity index (χ0n) is 10.0. The topological polar surface area (TPSA) is 0 Å². The van der Waals surface area contributed by atoms with E-state index in [-0.39, 0.29) is 0 Å². The molecule has 0 N–H and O–H groups in total. The van der Waals surface area contributed by atoms with Gasteiger partial charge in [-0.3, -0.25) is 0 Å². The van der Waals surface area contributed by atoms with Gasteiger partial charge in [0.05, 0.1) is 0 Å². The van der Waals surface area contributed by atoms with Crippen LogP contribution in [0.25, 0.3) is 0 Å². The highest BCUT2D eigenvalue weighted by Crippen LogP contribution is 2.43. The lowest BCUT2D eigenvalue weighted by Crippen LogP contribution is -2.30. The average Bonchev–Trinajstić information content (AvgIpc) is 2.03. The first kappa shape index (κ1) is 11.3. The lowest BCUT2D eigenvalue weighted by Gasteiger charge is -2.39. The summed E-state index contributed by atoms with van der Waals surface area (Å²) in [5.41, 5.74) is 1.13. The molecule has 0 aromatic heterocycles. The molecule has 1 aliphatic rings. The molecule has 78 valence electrons. The smallest absolute Gasteiger partial charge is 0.0340 e. The normalized spacial score (nSPS) is 35.8. The molecule has 0 radical (unpaired) electrons. The Labute approximate surface area is 85.7 Å². The van der Waals surface area contributed by atoms with Gasteiger partial charge in [-0.15, -0.1) is 0 Å². The van der Waals surface area contributed by atoms with Crippen molar-refractivity contribution in [3.8, 4) is 0 Å². The van der Waals surface area contributed by atoms with E-state index in [1.165, 1.54) is 19.3 Å². The van der Waals surface area contributed by atoms with E-state index < -0.39 is 8.80 Å². The first-order valence-corrected chi connectivity index (χ1v) is 9.00. The van der Waals surface area contributed by atoms with Gasteiger partial charge in [0.25, 0.3) is 0 Å². The van der Waals surface area contributed by atoms with E-state index in [4.69, 9.17) is 0 Å². The van der Waals surface area contributed by atoms with Crippen molar-refractivity contribution in [3.63, 3.8) is 0 Å². The van der Waals surface area contributed by atoms with E-state index in [1.54, 1.807) is 0 Å². The van der Waals surface area contributed by atoms with Crippen LogP contribution >= 0.6 is 0 Å². The Hall–Kier alpha value is 0.217. The molecule has 0 bridgehead atoms. The largest absolute Gasteiger partial charge is 0.0720 e. The van der Waals surface area contributed by atoms with Crippen LogP contribution in [0.5, 0.6) is 0 Å². The van der Waals surface area contributed by atoms with Gasteiger partial charge in [-0.25, -0.2) is 0 Å². The highest BCUT2D eigenvalue weighted by atomic mass is 28.3. The Kier molecular flexibility index (Phi) is 4.02. The van der Waals surface area contributed by atoms with Crippen molar-refractivity contribution in [2.24, 2.45) is 17.8 Å². The van der Waals surface area contributed by atoms with Crippen molar-refractivity contribution in [1.29, 1.82) is 0 Å². The van der Waals surface area contributed by atoms with Crippen molar-refractivity contribution in [1.82, 2.24) is 0 Å². The predicted octanol–water partition coefficient (Wildman–Crippen LogP) is 3.94. The van der Waals surface area contributed by atoms with Gasteiger partial charge in [0, 0.05) is 8.80 Å². The summed E-state index contributed by atoms with van der Waals surface area (Å²) in [5.74, 6) is 2.99. The Morgan fingerprint density at radius 1 is 1.15 bits per heavy atom. The van der Waals surface area contributed by atoms with Gasteiger partial charge in [0.2, 0.25) is 0 Å². The molecule has 1 aliphatic carbocycles. The highest BCUT2D eigenvalue weighted by molar-refractivity contribution is 6.57. The van der Waals surface area contributed by atoms with E-state index >= 15 is 0 Å². The first-order chi connectivity index (χ1) is 6.02. The van der Waals surface area contributed by atoms with Crippen LogP contribution in [0.4, 0.5) is 0 Å². The molecule has 13 heavy (non-hydrogen) atoms. The Morgan fingerprint density at radius 2 is 1.77 bits per heavy atom. The summed E-state index contributed by atoms with van der Waals surface area (Å²) in [6, 6.07) is 0. The number of rotatable bonds is 2. The molecular formula is C12H26Si. The fourth-order valence-electron chi connectivity index (χ4n) is 3.04. The summed E-state index contributed by atoms with van der Waals surface area (Å²) in [6.45, 7) is 12.4. The molecular weight excluding hydrogens is 172 g/mol. The summed E-state index contributed by atoms with van der Waals surface area (Å²) in [5, 5.41) is 0. The molecule has 0 aromatic rings. The van der Waals surface area contributed by atoms with Crippen molar-refractivity contribution in [2.75, 3.05) is 0 Å².